The maximum absolute atomic E-state index is 13.0. The summed E-state index contributed by atoms with van der Waals surface area (Å²) in [5, 5.41) is 2.21. The molecule has 29 heavy (non-hydrogen) atoms. The molecule has 9 heteroatoms. The fourth-order valence-corrected chi connectivity index (χ4v) is 3.50. The number of aryl methyl sites for hydroxylation is 1. The average Bonchev–Trinajstić information content (AvgIpc) is 3.10. The van der Waals surface area contributed by atoms with Crippen LogP contribution < -0.4 is 5.32 Å². The van der Waals surface area contributed by atoms with Gasteiger partial charge in [-0.25, -0.2) is 0 Å². The van der Waals surface area contributed by atoms with E-state index < -0.39 is 30.1 Å². The molecule has 0 fully saturated rings. The smallest absolute Gasteiger partial charge is 0.334 e. The Kier molecular flexibility index (Phi) is 7.55. The molecule has 1 N–H and O–H groups in total. The van der Waals surface area contributed by atoms with Gasteiger partial charge in [0.05, 0.1) is 22.7 Å². The number of carbonyl (C=O) groups is 3. The zero-order valence-electron chi connectivity index (χ0n) is 16.0. The molecule has 0 bridgehead atoms. The highest BCUT2D eigenvalue weighted by atomic mass is 32.1. The lowest BCUT2D eigenvalue weighted by atomic mass is 10.1. The van der Waals surface area contributed by atoms with E-state index in [9.17, 15) is 27.6 Å². The van der Waals surface area contributed by atoms with Gasteiger partial charge in [0.15, 0.2) is 5.78 Å². The van der Waals surface area contributed by atoms with Crippen LogP contribution in [0.1, 0.15) is 39.9 Å². The normalized spacial score (nSPS) is 11.2. The number of halogens is 3. The molecule has 1 heterocycles. The Morgan fingerprint density at radius 2 is 1.76 bits per heavy atom. The summed E-state index contributed by atoms with van der Waals surface area (Å²) in [6.07, 6.45) is -4.67. The number of thiophene rings is 1. The largest absolute Gasteiger partial charge is 0.418 e. The van der Waals surface area contributed by atoms with Gasteiger partial charge < -0.3 is 10.2 Å². The maximum atomic E-state index is 13.0. The molecule has 1 aromatic carbocycles. The number of rotatable bonds is 8. The van der Waals surface area contributed by atoms with Crippen LogP contribution in [0.25, 0.3) is 0 Å². The number of benzene rings is 1. The first-order valence-corrected chi connectivity index (χ1v) is 9.77. The minimum absolute atomic E-state index is 0.00775. The minimum atomic E-state index is -4.61. The Morgan fingerprint density at radius 3 is 2.34 bits per heavy atom. The molecule has 5 nitrogen and oxygen atoms in total. The van der Waals surface area contributed by atoms with Gasteiger partial charge >= 0.3 is 6.18 Å². The molecular weight excluding hydrogens is 405 g/mol. The first-order chi connectivity index (χ1) is 13.6. The number of alkyl halides is 3. The number of hydrogen-bond acceptors (Lipinski definition) is 4. The first kappa shape index (κ1) is 22.6. The van der Waals surface area contributed by atoms with E-state index in [1.54, 1.807) is 13.0 Å². The van der Waals surface area contributed by atoms with Crippen molar-refractivity contribution < 1.29 is 27.6 Å². The van der Waals surface area contributed by atoms with E-state index in [0.29, 0.717) is 4.88 Å². The molecule has 0 aliphatic carbocycles. The number of ketones is 1. The highest BCUT2D eigenvalue weighted by Gasteiger charge is 2.33. The predicted molar refractivity (Wildman–Crippen MR) is 105 cm³/mol. The summed E-state index contributed by atoms with van der Waals surface area (Å²) in [6, 6.07) is 8.16. The maximum Gasteiger partial charge on any atom is 0.418 e. The second-order valence-electron chi connectivity index (χ2n) is 6.33. The molecule has 0 aliphatic heterocycles. The van der Waals surface area contributed by atoms with E-state index in [2.05, 4.69) is 5.32 Å². The summed E-state index contributed by atoms with van der Waals surface area (Å²) >= 11 is 1.35. The number of amides is 2. The third-order valence-corrected chi connectivity index (χ3v) is 5.20. The number of hydrogen-bond donors (Lipinski definition) is 1. The standard InChI is InChI=1S/C20H21F3N2O3S/c1-3-25(19(28)11-9-16(26)17-10-8-13(2)29-17)12-18(27)24-15-7-5-4-6-14(15)20(21,22)23/h4-8,10H,3,9,11-12H2,1-2H3,(H,24,27). The molecular formula is C20H21F3N2O3S. The van der Waals surface area contributed by atoms with E-state index in [-0.39, 0.29) is 30.9 Å². The Balaban J connectivity index is 1.94. The topological polar surface area (TPSA) is 66.5 Å². The Morgan fingerprint density at radius 1 is 1.07 bits per heavy atom. The number of likely N-dealkylation sites (N-methyl/N-ethyl adjacent to an activating group) is 1. The lowest BCUT2D eigenvalue weighted by molar-refractivity contribution is -0.137. The summed E-state index contributed by atoms with van der Waals surface area (Å²) in [4.78, 5) is 39.4. The predicted octanol–water partition coefficient (Wildman–Crippen LogP) is 4.53. The van der Waals surface area contributed by atoms with Crippen molar-refractivity contribution in [1.29, 1.82) is 0 Å². The van der Waals surface area contributed by atoms with Gasteiger partial charge in [0.2, 0.25) is 11.8 Å². The van der Waals surface area contributed by atoms with Crippen molar-refractivity contribution in [2.45, 2.75) is 32.9 Å². The highest BCUT2D eigenvalue weighted by molar-refractivity contribution is 7.14. The molecule has 2 aromatic rings. The first-order valence-electron chi connectivity index (χ1n) is 8.95. The molecule has 0 spiro atoms. The lowest BCUT2D eigenvalue weighted by Gasteiger charge is -2.21. The summed E-state index contributed by atoms with van der Waals surface area (Å²) < 4.78 is 39.1. The molecule has 0 atom stereocenters. The molecule has 2 rings (SSSR count). The van der Waals surface area contributed by atoms with E-state index in [1.807, 2.05) is 13.0 Å². The van der Waals surface area contributed by atoms with E-state index in [4.69, 9.17) is 0 Å². The van der Waals surface area contributed by atoms with E-state index in [1.165, 1.54) is 28.4 Å². The van der Waals surface area contributed by atoms with Crippen LogP contribution in [0, 0.1) is 6.92 Å². The molecule has 156 valence electrons. The van der Waals surface area contributed by atoms with Crippen LogP contribution in [0.5, 0.6) is 0 Å². The van der Waals surface area contributed by atoms with Crippen LogP contribution in [0.4, 0.5) is 18.9 Å². The molecule has 0 unspecified atom stereocenters. The van der Waals surface area contributed by atoms with Gasteiger partial charge in [-0.3, -0.25) is 14.4 Å². The minimum Gasteiger partial charge on any atom is -0.334 e. The SMILES string of the molecule is CCN(CC(=O)Nc1ccccc1C(F)(F)F)C(=O)CCC(=O)c1ccc(C)s1. The summed E-state index contributed by atoms with van der Waals surface area (Å²) in [5.74, 6) is -1.30. The third kappa shape index (κ3) is 6.42. The fourth-order valence-electron chi connectivity index (χ4n) is 2.66. The van der Waals surface area contributed by atoms with Crippen LogP contribution in [-0.4, -0.2) is 35.6 Å². The Bertz CT molecular complexity index is 893. The lowest BCUT2D eigenvalue weighted by Crippen LogP contribution is -2.38. The molecule has 0 saturated heterocycles. The monoisotopic (exact) mass is 426 g/mol. The van der Waals surface area contributed by atoms with Gasteiger partial charge in [-0.1, -0.05) is 12.1 Å². The van der Waals surface area contributed by atoms with Crippen molar-refractivity contribution in [2.24, 2.45) is 0 Å². The summed E-state index contributed by atoms with van der Waals surface area (Å²) in [5.41, 5.74) is -1.32. The zero-order chi connectivity index (χ0) is 21.6. The second-order valence-corrected chi connectivity index (χ2v) is 7.62. The fraction of sp³-hybridized carbons (Fsp3) is 0.350. The third-order valence-electron chi connectivity index (χ3n) is 4.16. The van der Waals surface area contributed by atoms with Gasteiger partial charge in [-0.15, -0.1) is 11.3 Å². The van der Waals surface area contributed by atoms with Crippen LogP contribution in [0.3, 0.4) is 0 Å². The number of nitrogens with zero attached hydrogens (tertiary/aromatic N) is 1. The molecule has 0 aliphatic rings. The van der Waals surface area contributed by atoms with Gasteiger partial charge in [-0.05, 0) is 38.1 Å². The number of para-hydroxylation sites is 1. The number of carbonyl (C=O) groups excluding carboxylic acids is 3. The van der Waals surface area contributed by atoms with Gasteiger partial charge in [-0.2, -0.15) is 13.2 Å². The van der Waals surface area contributed by atoms with Gasteiger partial charge in [0, 0.05) is 24.3 Å². The van der Waals surface area contributed by atoms with Crippen LogP contribution in [0.15, 0.2) is 36.4 Å². The average molecular weight is 426 g/mol. The van der Waals surface area contributed by atoms with Crippen LogP contribution >= 0.6 is 11.3 Å². The van der Waals surface area contributed by atoms with E-state index >= 15 is 0 Å². The van der Waals surface area contributed by atoms with Crippen molar-refractivity contribution in [3.63, 3.8) is 0 Å². The number of nitrogens with one attached hydrogen (secondary N) is 1. The van der Waals surface area contributed by atoms with Crippen molar-refractivity contribution in [1.82, 2.24) is 4.90 Å². The van der Waals surface area contributed by atoms with Crippen LogP contribution in [-0.2, 0) is 15.8 Å². The van der Waals surface area contributed by atoms with Crippen LogP contribution in [0.2, 0.25) is 0 Å². The summed E-state index contributed by atoms with van der Waals surface area (Å²) in [6.45, 7) is 3.33. The van der Waals surface area contributed by atoms with Crippen molar-refractivity contribution >= 4 is 34.6 Å². The second kappa shape index (κ2) is 9.69. The molecule has 0 saturated carbocycles. The molecule has 2 amide bonds. The van der Waals surface area contributed by atoms with Crippen molar-refractivity contribution in [3.05, 3.63) is 51.7 Å². The summed E-state index contributed by atoms with van der Waals surface area (Å²) in [7, 11) is 0. The van der Waals surface area contributed by atoms with Crippen molar-refractivity contribution in [2.75, 3.05) is 18.4 Å². The van der Waals surface area contributed by atoms with Gasteiger partial charge in [0.25, 0.3) is 0 Å². The zero-order valence-corrected chi connectivity index (χ0v) is 16.8. The number of anilines is 1. The molecule has 1 aromatic heterocycles. The highest BCUT2D eigenvalue weighted by Crippen LogP contribution is 2.34. The Hall–Kier alpha value is -2.68. The number of Topliss-reactive ketones (excluding diaryl/α,β-unsaturated/α-hetero) is 1. The quantitative estimate of drug-likeness (QED) is 0.631. The Labute approximate surface area is 170 Å². The van der Waals surface area contributed by atoms with Gasteiger partial charge in [0.1, 0.15) is 0 Å². The van der Waals surface area contributed by atoms with Crippen molar-refractivity contribution in [3.8, 4) is 0 Å². The van der Waals surface area contributed by atoms with E-state index in [0.717, 1.165) is 17.0 Å². The molecule has 0 radical (unpaired) electrons.